The van der Waals surface area contributed by atoms with E-state index in [9.17, 15) is 23.4 Å². The average molecular weight is 474 g/mol. The lowest BCUT2D eigenvalue weighted by atomic mass is 10.1. The molecule has 1 aliphatic heterocycles. The smallest absolute Gasteiger partial charge is 0.263 e. The molecular weight excluding hydrogens is 456 g/mol. The van der Waals surface area contributed by atoms with E-state index in [1.54, 1.807) is 18.2 Å². The molecule has 0 bridgehead atoms. The van der Waals surface area contributed by atoms with Gasteiger partial charge >= 0.3 is 0 Å². The normalized spacial score (nSPS) is 23.5. The van der Waals surface area contributed by atoms with Gasteiger partial charge in [-0.3, -0.25) is 14.5 Å². The third-order valence-corrected chi connectivity index (χ3v) is 6.70. The summed E-state index contributed by atoms with van der Waals surface area (Å²) in [5, 5.41) is 26.6. The lowest BCUT2D eigenvalue weighted by molar-refractivity contribution is -0.0330. The number of aromatic amines is 1. The van der Waals surface area contributed by atoms with Crippen LogP contribution in [0.1, 0.15) is 6.23 Å². The maximum absolute atomic E-state index is 12.7. The van der Waals surface area contributed by atoms with Crippen molar-refractivity contribution in [1.29, 1.82) is 0 Å². The zero-order valence-electron chi connectivity index (χ0n) is 16.7. The summed E-state index contributed by atoms with van der Waals surface area (Å²) < 4.78 is 34.7. The molecule has 4 heterocycles. The van der Waals surface area contributed by atoms with Crippen molar-refractivity contribution in [3.05, 3.63) is 47.1 Å². The Hall–Kier alpha value is -3.50. The number of nitrogens with two attached hydrogens (primary N) is 1. The molecule has 6 N–H and O–H groups in total. The maximum atomic E-state index is 12.7. The van der Waals surface area contributed by atoms with Crippen LogP contribution in [0.4, 0.5) is 5.82 Å². The molecule has 0 spiro atoms. The van der Waals surface area contributed by atoms with Gasteiger partial charge < -0.3 is 20.7 Å². The minimum absolute atomic E-state index is 0.129. The molecule has 3 aromatic heterocycles. The number of nitrogen functional groups attached to an aromatic ring is 1. The average Bonchev–Trinajstić information content (AvgIpc) is 3.35. The van der Waals surface area contributed by atoms with Crippen molar-refractivity contribution in [2.75, 3.05) is 12.3 Å². The Morgan fingerprint density at radius 1 is 1.18 bits per heavy atom. The van der Waals surface area contributed by atoms with Gasteiger partial charge in [-0.25, -0.2) is 28.1 Å². The number of imidazole rings is 1. The highest BCUT2D eigenvalue weighted by atomic mass is 32.2. The summed E-state index contributed by atoms with van der Waals surface area (Å²) in [4.78, 5) is 24.6. The van der Waals surface area contributed by atoms with Crippen molar-refractivity contribution in [1.82, 2.24) is 34.4 Å². The number of rotatable bonds is 5. The molecule has 1 fully saturated rings. The van der Waals surface area contributed by atoms with Gasteiger partial charge in [-0.1, -0.05) is 12.1 Å². The Kier molecular flexibility index (Phi) is 5.06. The number of nitrogens with zero attached hydrogens (tertiary/aromatic N) is 5. The van der Waals surface area contributed by atoms with Crippen molar-refractivity contribution in [2.24, 2.45) is 0 Å². The summed E-state index contributed by atoms with van der Waals surface area (Å²) in [6.07, 6.45) is -2.59. The summed E-state index contributed by atoms with van der Waals surface area (Å²) in [7, 11) is -4.36. The summed E-state index contributed by atoms with van der Waals surface area (Å²) in [6, 6.07) is 6.35. The van der Waals surface area contributed by atoms with E-state index in [0.29, 0.717) is 5.52 Å². The van der Waals surface area contributed by atoms with Crippen LogP contribution in [0, 0.1) is 0 Å². The predicted molar refractivity (Wildman–Crippen MR) is 113 cm³/mol. The number of H-pyrrole nitrogens is 1. The minimum Gasteiger partial charge on any atom is -0.387 e. The van der Waals surface area contributed by atoms with E-state index >= 15 is 0 Å². The van der Waals surface area contributed by atoms with Crippen LogP contribution in [-0.4, -0.2) is 73.2 Å². The zero-order chi connectivity index (χ0) is 23.3. The molecule has 172 valence electrons. The molecule has 15 heteroatoms. The van der Waals surface area contributed by atoms with Gasteiger partial charge in [0.2, 0.25) is 10.5 Å². The zero-order valence-corrected chi connectivity index (χ0v) is 17.5. The second kappa shape index (κ2) is 7.82. The molecule has 4 aromatic rings. The number of anilines is 1. The molecule has 1 aliphatic rings. The Morgan fingerprint density at radius 2 is 1.97 bits per heavy atom. The van der Waals surface area contributed by atoms with Gasteiger partial charge in [-0.15, -0.1) is 0 Å². The standard InChI is InChI=1S/C18H18N8O6S/c19-15-11-16(21-6-20-15)26(7-22-11)18-14(29)13(28)10(32-18)5-23-33(30,31)17-12(27)8-3-1-2-4-9(8)24-25-17/h1-4,6-7,10,13-14,18,23,28-29H,5H2,(H,24,27)(H2,19,20,21)/t10-,13-,14-,18-/m1/s1. The van der Waals surface area contributed by atoms with Crippen molar-refractivity contribution in [3.8, 4) is 0 Å². The van der Waals surface area contributed by atoms with Gasteiger partial charge in [0.15, 0.2) is 17.7 Å². The largest absolute Gasteiger partial charge is 0.387 e. The van der Waals surface area contributed by atoms with Gasteiger partial charge in [-0.2, -0.15) is 5.10 Å². The van der Waals surface area contributed by atoms with Crippen LogP contribution in [0.3, 0.4) is 0 Å². The number of aromatic nitrogens is 6. The molecule has 5 rings (SSSR count). The first-order chi connectivity index (χ1) is 15.8. The number of nitrogens with one attached hydrogen (secondary N) is 2. The van der Waals surface area contributed by atoms with Crippen LogP contribution in [0.25, 0.3) is 22.1 Å². The van der Waals surface area contributed by atoms with Gasteiger partial charge in [0.1, 0.15) is 30.2 Å². The number of fused-ring (bicyclic) bond motifs is 2. The topological polar surface area (TPSA) is 211 Å². The third-order valence-electron chi connectivity index (χ3n) is 5.37. The fourth-order valence-electron chi connectivity index (χ4n) is 3.68. The van der Waals surface area contributed by atoms with E-state index in [4.69, 9.17) is 10.5 Å². The van der Waals surface area contributed by atoms with Gasteiger partial charge in [0.25, 0.3) is 10.0 Å². The fourth-order valence-corrected chi connectivity index (χ4v) is 4.72. The molecule has 0 unspecified atom stereocenters. The van der Waals surface area contributed by atoms with Crippen LogP contribution in [0.15, 0.2) is 46.7 Å². The SMILES string of the molecule is Nc1ncnc2c1ncn2[C@@H]1O[C@H](CNS(=O)(=O)c2n[nH]c3ccccc3c2=O)[C@@H](O)[C@H]1O. The molecule has 0 saturated carbocycles. The molecule has 0 radical (unpaired) electrons. The van der Waals surface area contributed by atoms with Crippen LogP contribution in [0.5, 0.6) is 0 Å². The first kappa shape index (κ1) is 21.4. The number of aliphatic hydroxyl groups is 2. The monoisotopic (exact) mass is 474 g/mol. The molecular formula is C18H18N8O6S. The molecule has 4 atom stereocenters. The van der Waals surface area contributed by atoms with Crippen LogP contribution in [-0.2, 0) is 14.8 Å². The fraction of sp³-hybridized carbons (Fsp3) is 0.278. The summed E-state index contributed by atoms with van der Waals surface area (Å²) in [6.45, 7) is -0.436. The number of hydrogen-bond donors (Lipinski definition) is 5. The Bertz CT molecular complexity index is 1520. The Labute approximate surface area is 185 Å². The van der Waals surface area contributed by atoms with Crippen molar-refractivity contribution >= 4 is 37.9 Å². The quantitative estimate of drug-likeness (QED) is 0.219. The number of aliphatic hydroxyl groups excluding tert-OH is 2. The van der Waals surface area contributed by atoms with E-state index in [1.165, 1.54) is 23.3 Å². The first-order valence-electron chi connectivity index (χ1n) is 9.69. The minimum atomic E-state index is -4.36. The van der Waals surface area contributed by atoms with Gasteiger partial charge in [0, 0.05) is 6.54 Å². The molecule has 0 aliphatic carbocycles. The van der Waals surface area contributed by atoms with E-state index in [-0.39, 0.29) is 22.4 Å². The Balaban J connectivity index is 1.37. The van der Waals surface area contributed by atoms with E-state index in [0.717, 1.165) is 0 Å². The van der Waals surface area contributed by atoms with Gasteiger partial charge in [-0.05, 0) is 12.1 Å². The molecule has 14 nitrogen and oxygen atoms in total. The molecule has 1 saturated heterocycles. The van der Waals surface area contributed by atoms with Crippen molar-refractivity contribution in [2.45, 2.75) is 29.6 Å². The van der Waals surface area contributed by atoms with Crippen LogP contribution < -0.4 is 15.9 Å². The molecule has 1 aromatic carbocycles. The molecule has 0 amide bonds. The summed E-state index contributed by atoms with van der Waals surface area (Å²) in [5.74, 6) is 0.129. The lowest BCUT2D eigenvalue weighted by Crippen LogP contribution is -2.41. The van der Waals surface area contributed by atoms with E-state index < -0.39 is 51.6 Å². The lowest BCUT2D eigenvalue weighted by Gasteiger charge is -2.16. The highest BCUT2D eigenvalue weighted by Gasteiger charge is 2.44. The number of sulfonamides is 1. The summed E-state index contributed by atoms with van der Waals surface area (Å²) >= 11 is 0. The number of ether oxygens (including phenoxy) is 1. The van der Waals surface area contributed by atoms with Crippen LogP contribution in [0.2, 0.25) is 0 Å². The second-order valence-corrected chi connectivity index (χ2v) is 9.07. The summed E-state index contributed by atoms with van der Waals surface area (Å²) in [5.41, 5.74) is 5.94. The maximum Gasteiger partial charge on any atom is 0.263 e. The first-order valence-corrected chi connectivity index (χ1v) is 11.2. The highest BCUT2D eigenvalue weighted by Crippen LogP contribution is 2.31. The van der Waals surface area contributed by atoms with Crippen molar-refractivity contribution < 1.29 is 23.4 Å². The van der Waals surface area contributed by atoms with E-state index in [1.807, 2.05) is 0 Å². The number of para-hydroxylation sites is 1. The molecule has 33 heavy (non-hydrogen) atoms. The highest BCUT2D eigenvalue weighted by molar-refractivity contribution is 7.89. The van der Waals surface area contributed by atoms with Gasteiger partial charge in [0.05, 0.1) is 17.2 Å². The van der Waals surface area contributed by atoms with Crippen molar-refractivity contribution in [3.63, 3.8) is 0 Å². The van der Waals surface area contributed by atoms with E-state index in [2.05, 4.69) is 29.9 Å². The third kappa shape index (κ3) is 3.51. The number of hydrogen-bond acceptors (Lipinski definition) is 11. The predicted octanol–water partition coefficient (Wildman–Crippen LogP) is -1.76. The number of benzene rings is 1. The second-order valence-electron chi connectivity index (χ2n) is 7.38. The van der Waals surface area contributed by atoms with Crippen LogP contribution >= 0.6 is 0 Å². The Morgan fingerprint density at radius 3 is 2.79 bits per heavy atom.